The van der Waals surface area contributed by atoms with Crippen molar-refractivity contribution in [2.75, 3.05) is 19.6 Å². The molecule has 1 aromatic heterocycles. The SMILES string of the molecule is CCNCCNC(=O)C(C)NS(=O)(=O)c1c(C)nn(C)c1C.Cl. The predicted octanol–water partition coefficient (Wildman–Crippen LogP) is -0.149. The summed E-state index contributed by atoms with van der Waals surface area (Å²) in [5.74, 6) is -0.360. The van der Waals surface area contributed by atoms with E-state index in [2.05, 4.69) is 20.5 Å². The van der Waals surface area contributed by atoms with Gasteiger partial charge in [-0.2, -0.15) is 9.82 Å². The highest BCUT2D eigenvalue weighted by molar-refractivity contribution is 7.89. The van der Waals surface area contributed by atoms with E-state index in [1.54, 1.807) is 20.9 Å². The summed E-state index contributed by atoms with van der Waals surface area (Å²) in [5.41, 5.74) is 0.942. The molecule has 0 bridgehead atoms. The molecule has 0 saturated carbocycles. The van der Waals surface area contributed by atoms with Crippen molar-refractivity contribution in [3.8, 4) is 0 Å². The Morgan fingerprint density at radius 2 is 1.91 bits per heavy atom. The van der Waals surface area contributed by atoms with E-state index in [1.807, 2.05) is 6.92 Å². The number of aryl methyl sites for hydroxylation is 2. The van der Waals surface area contributed by atoms with Gasteiger partial charge < -0.3 is 10.6 Å². The Morgan fingerprint density at radius 1 is 1.30 bits per heavy atom. The van der Waals surface area contributed by atoms with Gasteiger partial charge in [-0.05, 0) is 27.3 Å². The second kappa shape index (κ2) is 9.21. The summed E-state index contributed by atoms with van der Waals surface area (Å²) in [4.78, 5) is 12.0. The van der Waals surface area contributed by atoms with E-state index in [9.17, 15) is 13.2 Å². The Labute approximate surface area is 143 Å². The zero-order chi connectivity index (χ0) is 16.9. The van der Waals surface area contributed by atoms with Crippen molar-refractivity contribution < 1.29 is 13.2 Å². The molecule has 1 unspecified atom stereocenters. The number of sulfonamides is 1. The second-order valence-electron chi connectivity index (χ2n) is 5.11. The minimum Gasteiger partial charge on any atom is -0.353 e. The normalized spacial score (nSPS) is 12.6. The fourth-order valence-corrected chi connectivity index (χ4v) is 3.73. The van der Waals surface area contributed by atoms with Crippen molar-refractivity contribution in [1.29, 1.82) is 0 Å². The topological polar surface area (TPSA) is 105 Å². The molecule has 10 heteroatoms. The summed E-state index contributed by atoms with van der Waals surface area (Å²) in [6.07, 6.45) is 0. The molecule has 8 nitrogen and oxygen atoms in total. The van der Waals surface area contributed by atoms with Crippen LogP contribution in [-0.2, 0) is 21.9 Å². The number of hydrogen-bond acceptors (Lipinski definition) is 5. The number of carbonyl (C=O) groups is 1. The zero-order valence-corrected chi connectivity index (χ0v) is 15.8. The van der Waals surface area contributed by atoms with Crippen LogP contribution >= 0.6 is 12.4 Å². The highest BCUT2D eigenvalue weighted by Gasteiger charge is 2.27. The number of hydrogen-bond donors (Lipinski definition) is 3. The number of rotatable bonds is 8. The highest BCUT2D eigenvalue weighted by atomic mass is 35.5. The highest BCUT2D eigenvalue weighted by Crippen LogP contribution is 2.18. The van der Waals surface area contributed by atoms with Crippen LogP contribution in [-0.4, -0.2) is 49.8 Å². The molecule has 0 spiro atoms. The van der Waals surface area contributed by atoms with Crippen LogP contribution in [0.3, 0.4) is 0 Å². The van der Waals surface area contributed by atoms with Gasteiger partial charge in [0.05, 0.1) is 17.4 Å². The molecule has 1 heterocycles. The second-order valence-corrected chi connectivity index (χ2v) is 6.76. The van der Waals surface area contributed by atoms with Crippen LogP contribution in [0.5, 0.6) is 0 Å². The summed E-state index contributed by atoms with van der Waals surface area (Å²) in [5, 5.41) is 9.83. The molecule has 0 saturated heterocycles. The molecule has 0 radical (unpaired) electrons. The third-order valence-electron chi connectivity index (χ3n) is 3.29. The molecule has 0 aliphatic heterocycles. The first kappa shape index (κ1) is 21.8. The lowest BCUT2D eigenvalue weighted by molar-refractivity contribution is -0.122. The monoisotopic (exact) mass is 367 g/mol. The average Bonchev–Trinajstić information content (AvgIpc) is 2.67. The summed E-state index contributed by atoms with van der Waals surface area (Å²) in [6, 6.07) is -0.856. The van der Waals surface area contributed by atoms with E-state index in [0.29, 0.717) is 24.5 Å². The first-order chi connectivity index (χ1) is 10.2. The number of halogens is 1. The third-order valence-corrected chi connectivity index (χ3v) is 5.08. The number of carbonyl (C=O) groups excluding carboxylic acids is 1. The number of aromatic nitrogens is 2. The Hall–Kier alpha value is -1.16. The van der Waals surface area contributed by atoms with Crippen LogP contribution in [0.25, 0.3) is 0 Å². The van der Waals surface area contributed by atoms with Gasteiger partial charge in [-0.15, -0.1) is 12.4 Å². The maximum absolute atomic E-state index is 12.4. The number of likely N-dealkylation sites (N-methyl/N-ethyl adjacent to an activating group) is 1. The Balaban J connectivity index is 0.00000484. The molecule has 1 aromatic rings. The molecule has 0 aromatic carbocycles. The van der Waals surface area contributed by atoms with Gasteiger partial charge in [-0.1, -0.05) is 6.92 Å². The van der Waals surface area contributed by atoms with Crippen molar-refractivity contribution in [1.82, 2.24) is 25.1 Å². The zero-order valence-electron chi connectivity index (χ0n) is 14.1. The van der Waals surface area contributed by atoms with Crippen LogP contribution in [0.4, 0.5) is 0 Å². The number of nitrogens with one attached hydrogen (secondary N) is 3. The lowest BCUT2D eigenvalue weighted by atomic mass is 10.3. The molecule has 1 atom stereocenters. The van der Waals surface area contributed by atoms with Crippen molar-refractivity contribution in [3.05, 3.63) is 11.4 Å². The molecule has 1 amide bonds. The fourth-order valence-electron chi connectivity index (χ4n) is 2.09. The molecular weight excluding hydrogens is 342 g/mol. The maximum Gasteiger partial charge on any atom is 0.244 e. The minimum atomic E-state index is -3.79. The van der Waals surface area contributed by atoms with Gasteiger partial charge in [0, 0.05) is 20.1 Å². The van der Waals surface area contributed by atoms with E-state index >= 15 is 0 Å². The summed E-state index contributed by atoms with van der Waals surface area (Å²) >= 11 is 0. The molecule has 1 rings (SSSR count). The largest absolute Gasteiger partial charge is 0.353 e. The molecule has 3 N–H and O–H groups in total. The van der Waals surface area contributed by atoms with E-state index in [0.717, 1.165) is 6.54 Å². The predicted molar refractivity (Wildman–Crippen MR) is 91.3 cm³/mol. The lowest BCUT2D eigenvalue weighted by Crippen LogP contribution is -2.46. The average molecular weight is 368 g/mol. The first-order valence-corrected chi connectivity index (χ1v) is 8.70. The Bertz CT molecular complexity index is 630. The third kappa shape index (κ3) is 5.76. The summed E-state index contributed by atoms with van der Waals surface area (Å²) in [7, 11) is -2.11. The molecule has 0 aliphatic carbocycles. The van der Waals surface area contributed by atoms with Gasteiger partial charge >= 0.3 is 0 Å². The first-order valence-electron chi connectivity index (χ1n) is 7.21. The van der Waals surface area contributed by atoms with E-state index in [-0.39, 0.29) is 23.2 Å². The Morgan fingerprint density at radius 3 is 2.39 bits per heavy atom. The summed E-state index contributed by atoms with van der Waals surface area (Å²) in [6.45, 7) is 8.70. The van der Waals surface area contributed by atoms with Crippen molar-refractivity contribution >= 4 is 28.3 Å². The van der Waals surface area contributed by atoms with E-state index < -0.39 is 16.1 Å². The molecule has 0 fully saturated rings. The lowest BCUT2D eigenvalue weighted by Gasteiger charge is -2.14. The van der Waals surface area contributed by atoms with Crippen LogP contribution in [0.2, 0.25) is 0 Å². The molecular formula is C13H26ClN5O3S. The van der Waals surface area contributed by atoms with Gasteiger partial charge in [0.25, 0.3) is 0 Å². The van der Waals surface area contributed by atoms with E-state index in [4.69, 9.17) is 0 Å². The molecule has 134 valence electrons. The van der Waals surface area contributed by atoms with Gasteiger partial charge in [0.2, 0.25) is 15.9 Å². The number of nitrogens with zero attached hydrogens (tertiary/aromatic N) is 2. The van der Waals surface area contributed by atoms with Gasteiger partial charge in [0.1, 0.15) is 4.90 Å². The minimum absolute atomic E-state index is 0. The van der Waals surface area contributed by atoms with Gasteiger partial charge in [0.15, 0.2) is 0 Å². The van der Waals surface area contributed by atoms with Crippen molar-refractivity contribution in [2.45, 2.75) is 38.6 Å². The maximum atomic E-state index is 12.4. The smallest absolute Gasteiger partial charge is 0.244 e. The van der Waals surface area contributed by atoms with Crippen LogP contribution in [0, 0.1) is 13.8 Å². The quantitative estimate of drug-likeness (QED) is 0.554. The standard InChI is InChI=1S/C13H25N5O3S.ClH/c1-6-14-7-8-15-13(19)10(3)17-22(20,21)12-9(2)16-18(5)11(12)4;/h10,14,17H,6-8H2,1-5H3,(H,15,19);1H. The van der Waals surface area contributed by atoms with Crippen LogP contribution < -0.4 is 15.4 Å². The molecule has 23 heavy (non-hydrogen) atoms. The van der Waals surface area contributed by atoms with E-state index in [1.165, 1.54) is 11.6 Å². The van der Waals surface area contributed by atoms with Crippen LogP contribution in [0.1, 0.15) is 25.2 Å². The summed E-state index contributed by atoms with van der Waals surface area (Å²) < 4.78 is 28.7. The Kier molecular flexibility index (Phi) is 8.75. The van der Waals surface area contributed by atoms with Gasteiger partial charge in [-0.25, -0.2) is 8.42 Å². The van der Waals surface area contributed by atoms with Crippen molar-refractivity contribution in [2.24, 2.45) is 7.05 Å². The van der Waals surface area contributed by atoms with Crippen molar-refractivity contribution in [3.63, 3.8) is 0 Å². The number of amides is 1. The fraction of sp³-hybridized carbons (Fsp3) is 0.692. The van der Waals surface area contributed by atoms with Crippen LogP contribution in [0.15, 0.2) is 4.90 Å². The molecule has 0 aliphatic rings. The van der Waals surface area contributed by atoms with Gasteiger partial charge in [-0.3, -0.25) is 9.48 Å².